The van der Waals surface area contributed by atoms with E-state index in [9.17, 15) is 9.59 Å². The van der Waals surface area contributed by atoms with E-state index >= 15 is 0 Å². The molecule has 1 aliphatic heterocycles. The fourth-order valence-corrected chi connectivity index (χ4v) is 4.22. The number of hydrogen-bond acceptors (Lipinski definition) is 6. The summed E-state index contributed by atoms with van der Waals surface area (Å²) in [5, 5.41) is 5.03. The number of aryl methyl sites for hydroxylation is 2. The van der Waals surface area contributed by atoms with Crippen molar-refractivity contribution in [2.75, 3.05) is 24.4 Å². The predicted molar refractivity (Wildman–Crippen MR) is 123 cm³/mol. The number of ether oxygens (including phenoxy) is 2. The van der Waals surface area contributed by atoms with Crippen LogP contribution in [0.5, 0.6) is 11.5 Å². The highest BCUT2D eigenvalue weighted by Crippen LogP contribution is 2.37. The molecule has 0 atom stereocenters. The zero-order valence-electron chi connectivity index (χ0n) is 17.7. The maximum atomic E-state index is 13.4. The fourth-order valence-electron chi connectivity index (χ4n) is 3.45. The molecule has 2 heterocycles. The highest BCUT2D eigenvalue weighted by molar-refractivity contribution is 7.11. The molecule has 0 aliphatic carbocycles. The number of anilines is 2. The maximum Gasteiger partial charge on any atom is 0.282 e. The summed E-state index contributed by atoms with van der Waals surface area (Å²) >= 11 is 1.41. The smallest absolute Gasteiger partial charge is 0.282 e. The summed E-state index contributed by atoms with van der Waals surface area (Å²) in [7, 11) is 3.10. The Balaban J connectivity index is 1.78. The van der Waals surface area contributed by atoms with Crippen molar-refractivity contribution in [3.8, 4) is 11.5 Å². The van der Waals surface area contributed by atoms with Gasteiger partial charge in [-0.2, -0.15) is 0 Å². The number of imide groups is 1. The third-order valence-electron chi connectivity index (χ3n) is 5.25. The molecule has 0 spiro atoms. The first-order valence-electron chi connectivity index (χ1n) is 9.68. The Morgan fingerprint density at radius 2 is 1.65 bits per heavy atom. The van der Waals surface area contributed by atoms with Crippen LogP contribution in [0.3, 0.4) is 0 Å². The van der Waals surface area contributed by atoms with Crippen LogP contribution in [0.15, 0.2) is 59.6 Å². The number of hydrogen-bond donors (Lipinski definition) is 1. The Labute approximate surface area is 184 Å². The third kappa shape index (κ3) is 3.68. The van der Waals surface area contributed by atoms with Gasteiger partial charge in [-0.1, -0.05) is 12.1 Å². The van der Waals surface area contributed by atoms with E-state index in [0.29, 0.717) is 28.4 Å². The Morgan fingerprint density at radius 3 is 2.29 bits per heavy atom. The number of nitrogens with zero attached hydrogens (tertiary/aromatic N) is 1. The van der Waals surface area contributed by atoms with Gasteiger partial charge in [-0.05, 0) is 60.7 Å². The minimum Gasteiger partial charge on any atom is -0.493 e. The molecule has 1 aromatic heterocycles. The van der Waals surface area contributed by atoms with Crippen molar-refractivity contribution in [2.24, 2.45) is 0 Å². The minimum atomic E-state index is -0.397. The van der Waals surface area contributed by atoms with Crippen molar-refractivity contribution < 1.29 is 19.1 Å². The zero-order chi connectivity index (χ0) is 22.1. The van der Waals surface area contributed by atoms with Gasteiger partial charge in [0.1, 0.15) is 5.70 Å². The summed E-state index contributed by atoms with van der Waals surface area (Å²) in [5.74, 6) is 0.352. The van der Waals surface area contributed by atoms with E-state index in [-0.39, 0.29) is 11.6 Å². The van der Waals surface area contributed by atoms with Crippen molar-refractivity contribution in [3.63, 3.8) is 0 Å². The molecule has 3 aromatic rings. The Hall–Kier alpha value is -3.58. The lowest BCUT2D eigenvalue weighted by molar-refractivity contribution is -0.120. The summed E-state index contributed by atoms with van der Waals surface area (Å²) in [6, 6.07) is 14.5. The van der Waals surface area contributed by atoms with Crippen molar-refractivity contribution in [1.29, 1.82) is 0 Å². The largest absolute Gasteiger partial charge is 0.493 e. The minimum absolute atomic E-state index is 0.234. The van der Waals surface area contributed by atoms with Gasteiger partial charge in [-0.3, -0.25) is 9.59 Å². The van der Waals surface area contributed by atoms with Crippen LogP contribution in [0, 0.1) is 13.8 Å². The Kier molecular flexibility index (Phi) is 5.52. The van der Waals surface area contributed by atoms with Gasteiger partial charge in [-0.15, -0.1) is 11.3 Å². The Bertz CT molecular complexity index is 1200. The van der Waals surface area contributed by atoms with Crippen molar-refractivity contribution in [1.82, 2.24) is 0 Å². The van der Waals surface area contributed by atoms with Crippen LogP contribution in [-0.2, 0) is 9.59 Å². The van der Waals surface area contributed by atoms with Crippen molar-refractivity contribution >= 4 is 40.1 Å². The molecular formula is C24H22N2O4S. The van der Waals surface area contributed by atoms with Crippen LogP contribution in [0.2, 0.25) is 0 Å². The molecule has 158 valence electrons. The topological polar surface area (TPSA) is 67.9 Å². The van der Waals surface area contributed by atoms with E-state index in [4.69, 9.17) is 9.47 Å². The van der Waals surface area contributed by atoms with Crippen LogP contribution in [0.4, 0.5) is 11.4 Å². The highest BCUT2D eigenvalue weighted by Gasteiger charge is 2.40. The summed E-state index contributed by atoms with van der Waals surface area (Å²) in [4.78, 5) is 28.8. The first-order chi connectivity index (χ1) is 14.9. The van der Waals surface area contributed by atoms with E-state index in [0.717, 1.165) is 16.0 Å². The number of rotatable bonds is 6. The van der Waals surface area contributed by atoms with Crippen LogP contribution >= 0.6 is 11.3 Å². The number of amides is 2. The summed E-state index contributed by atoms with van der Waals surface area (Å²) < 4.78 is 10.6. The van der Waals surface area contributed by atoms with E-state index in [1.54, 1.807) is 38.5 Å². The lowest BCUT2D eigenvalue weighted by Gasteiger charge is -2.17. The van der Waals surface area contributed by atoms with E-state index in [1.165, 1.54) is 16.2 Å². The van der Waals surface area contributed by atoms with Crippen LogP contribution in [-0.4, -0.2) is 26.0 Å². The average molecular weight is 435 g/mol. The van der Waals surface area contributed by atoms with Gasteiger partial charge in [0.15, 0.2) is 11.5 Å². The monoisotopic (exact) mass is 434 g/mol. The molecule has 0 saturated carbocycles. The standard InChI is InChI=1S/C24H22N2O4S/c1-14-7-9-17(12-15(14)2)26-23(27)21(20-6-5-11-31-20)22(24(26)28)25-16-8-10-18(29-3)19(13-16)30-4/h5-13,25H,1-4H3. The van der Waals surface area contributed by atoms with Crippen LogP contribution < -0.4 is 19.7 Å². The number of carbonyl (C=O) groups is 2. The van der Waals surface area contributed by atoms with Gasteiger partial charge in [0.2, 0.25) is 0 Å². The van der Waals surface area contributed by atoms with E-state index in [1.807, 2.05) is 43.5 Å². The second-order valence-corrected chi connectivity index (χ2v) is 8.08. The van der Waals surface area contributed by atoms with E-state index < -0.39 is 5.91 Å². The zero-order valence-corrected chi connectivity index (χ0v) is 18.5. The lowest BCUT2D eigenvalue weighted by atomic mass is 10.1. The SMILES string of the molecule is COc1ccc(NC2=C(c3cccs3)C(=O)N(c3ccc(C)c(C)c3)C2=O)cc1OC. The Morgan fingerprint density at radius 1 is 0.871 bits per heavy atom. The van der Waals surface area contributed by atoms with Crippen molar-refractivity contribution in [2.45, 2.75) is 13.8 Å². The summed E-state index contributed by atoms with van der Waals surface area (Å²) in [5.41, 5.74) is 3.86. The molecule has 0 bridgehead atoms. The molecule has 2 aromatic carbocycles. The molecule has 0 radical (unpaired) electrons. The number of benzene rings is 2. The van der Waals surface area contributed by atoms with Gasteiger partial charge in [0, 0.05) is 16.6 Å². The van der Waals surface area contributed by atoms with Crippen LogP contribution in [0.1, 0.15) is 16.0 Å². The molecule has 31 heavy (non-hydrogen) atoms. The molecule has 4 rings (SSSR count). The number of nitrogens with one attached hydrogen (secondary N) is 1. The van der Waals surface area contributed by atoms with Gasteiger partial charge < -0.3 is 14.8 Å². The highest BCUT2D eigenvalue weighted by atomic mass is 32.1. The lowest BCUT2D eigenvalue weighted by Crippen LogP contribution is -2.32. The number of carbonyl (C=O) groups excluding carboxylic acids is 2. The number of methoxy groups -OCH3 is 2. The predicted octanol–water partition coefficient (Wildman–Crippen LogP) is 4.78. The van der Waals surface area contributed by atoms with Gasteiger partial charge in [0.25, 0.3) is 11.8 Å². The average Bonchev–Trinajstić information content (AvgIpc) is 3.37. The van der Waals surface area contributed by atoms with Gasteiger partial charge in [0.05, 0.1) is 25.5 Å². The molecule has 6 nitrogen and oxygen atoms in total. The van der Waals surface area contributed by atoms with Gasteiger partial charge in [-0.25, -0.2) is 4.90 Å². The normalized spacial score (nSPS) is 13.7. The molecule has 1 N–H and O–H groups in total. The number of thiophene rings is 1. The molecule has 0 saturated heterocycles. The maximum absolute atomic E-state index is 13.4. The van der Waals surface area contributed by atoms with Crippen molar-refractivity contribution in [3.05, 3.63) is 75.6 Å². The molecular weight excluding hydrogens is 412 g/mol. The first kappa shape index (κ1) is 20.7. The molecule has 7 heteroatoms. The third-order valence-corrected chi connectivity index (χ3v) is 6.14. The van der Waals surface area contributed by atoms with Gasteiger partial charge >= 0.3 is 0 Å². The van der Waals surface area contributed by atoms with E-state index in [2.05, 4.69) is 5.32 Å². The van der Waals surface area contributed by atoms with Crippen LogP contribution in [0.25, 0.3) is 5.57 Å². The molecule has 0 fully saturated rings. The first-order valence-corrected chi connectivity index (χ1v) is 10.6. The quantitative estimate of drug-likeness (QED) is 0.566. The molecule has 2 amide bonds. The second kappa shape index (κ2) is 8.28. The summed E-state index contributed by atoms with van der Waals surface area (Å²) in [6.45, 7) is 3.95. The molecule has 1 aliphatic rings. The molecule has 0 unspecified atom stereocenters. The summed E-state index contributed by atoms with van der Waals surface area (Å²) in [6.07, 6.45) is 0. The fraction of sp³-hybridized carbons (Fsp3) is 0.167. The second-order valence-electron chi connectivity index (χ2n) is 7.14.